The standard InChI is InChI=1S/C19H23NO3S/c1-15(2)20(18-11-5-4-6-12-18)19(21)14-24(22,23)13-17-10-8-7-9-16(17)3/h4-12,15H,13-14H2,1-3H3. The van der Waals surface area contributed by atoms with E-state index in [9.17, 15) is 13.2 Å². The Bertz CT molecular complexity index is 798. The second kappa shape index (κ2) is 7.62. The number of carbonyl (C=O) groups excluding carboxylic acids is 1. The minimum atomic E-state index is -3.53. The first-order chi connectivity index (χ1) is 11.3. The predicted molar refractivity (Wildman–Crippen MR) is 97.7 cm³/mol. The van der Waals surface area contributed by atoms with Crippen molar-refractivity contribution in [1.29, 1.82) is 0 Å². The summed E-state index contributed by atoms with van der Waals surface area (Å²) in [5.74, 6) is -1.01. The molecule has 1 amide bonds. The summed E-state index contributed by atoms with van der Waals surface area (Å²) in [5, 5.41) is 0. The fourth-order valence-corrected chi connectivity index (χ4v) is 4.05. The molecule has 0 aliphatic carbocycles. The zero-order valence-electron chi connectivity index (χ0n) is 14.3. The smallest absolute Gasteiger partial charge is 0.242 e. The maximum atomic E-state index is 12.6. The van der Waals surface area contributed by atoms with E-state index in [-0.39, 0.29) is 11.8 Å². The number of carbonyl (C=O) groups is 1. The van der Waals surface area contributed by atoms with Crippen LogP contribution >= 0.6 is 0 Å². The Morgan fingerprint density at radius 1 is 1.00 bits per heavy atom. The molecule has 0 heterocycles. The van der Waals surface area contributed by atoms with Crippen molar-refractivity contribution in [1.82, 2.24) is 0 Å². The molecule has 0 atom stereocenters. The maximum absolute atomic E-state index is 12.6. The Labute approximate surface area is 144 Å². The minimum Gasteiger partial charge on any atom is -0.309 e. The van der Waals surface area contributed by atoms with Crippen LogP contribution in [0.3, 0.4) is 0 Å². The molecule has 0 saturated heterocycles. The van der Waals surface area contributed by atoms with Gasteiger partial charge in [-0.25, -0.2) is 8.42 Å². The van der Waals surface area contributed by atoms with Gasteiger partial charge in [0.2, 0.25) is 5.91 Å². The van der Waals surface area contributed by atoms with E-state index in [0.29, 0.717) is 5.69 Å². The largest absolute Gasteiger partial charge is 0.309 e. The van der Waals surface area contributed by atoms with Crippen molar-refractivity contribution in [3.05, 3.63) is 65.7 Å². The highest BCUT2D eigenvalue weighted by molar-refractivity contribution is 7.91. The van der Waals surface area contributed by atoms with E-state index in [1.165, 1.54) is 4.90 Å². The van der Waals surface area contributed by atoms with Crippen LogP contribution in [0.25, 0.3) is 0 Å². The summed E-state index contributed by atoms with van der Waals surface area (Å²) in [6.45, 7) is 5.62. The number of sulfone groups is 1. The molecule has 0 N–H and O–H groups in total. The second-order valence-corrected chi connectivity index (χ2v) is 8.22. The fraction of sp³-hybridized carbons (Fsp3) is 0.316. The summed E-state index contributed by atoms with van der Waals surface area (Å²) in [6.07, 6.45) is 0. The van der Waals surface area contributed by atoms with E-state index >= 15 is 0 Å². The molecular weight excluding hydrogens is 322 g/mol. The van der Waals surface area contributed by atoms with Crippen molar-refractivity contribution in [2.24, 2.45) is 0 Å². The van der Waals surface area contributed by atoms with Crippen molar-refractivity contribution < 1.29 is 13.2 Å². The third kappa shape index (κ3) is 4.68. The SMILES string of the molecule is Cc1ccccc1CS(=O)(=O)CC(=O)N(c1ccccc1)C(C)C. The number of hydrogen-bond acceptors (Lipinski definition) is 3. The van der Waals surface area contributed by atoms with Gasteiger partial charge >= 0.3 is 0 Å². The van der Waals surface area contributed by atoms with Crippen LogP contribution in [0.15, 0.2) is 54.6 Å². The first-order valence-electron chi connectivity index (χ1n) is 7.92. The number of hydrogen-bond donors (Lipinski definition) is 0. The zero-order valence-corrected chi connectivity index (χ0v) is 15.1. The van der Waals surface area contributed by atoms with Gasteiger partial charge in [0.05, 0.1) is 5.75 Å². The number of aryl methyl sites for hydroxylation is 1. The quantitative estimate of drug-likeness (QED) is 0.807. The van der Waals surface area contributed by atoms with E-state index in [1.807, 2.05) is 69.3 Å². The molecule has 0 aliphatic rings. The van der Waals surface area contributed by atoms with Crippen molar-refractivity contribution in [2.45, 2.75) is 32.6 Å². The lowest BCUT2D eigenvalue weighted by molar-refractivity contribution is -0.116. The summed E-state index contributed by atoms with van der Waals surface area (Å²) in [7, 11) is -3.53. The number of benzene rings is 2. The monoisotopic (exact) mass is 345 g/mol. The van der Waals surface area contributed by atoms with Gasteiger partial charge in [-0.3, -0.25) is 4.79 Å². The van der Waals surface area contributed by atoms with Crippen molar-refractivity contribution >= 4 is 21.4 Å². The summed E-state index contributed by atoms with van der Waals surface area (Å²) < 4.78 is 24.9. The average Bonchev–Trinajstić information content (AvgIpc) is 2.49. The Balaban J connectivity index is 2.18. The Hall–Kier alpha value is -2.14. The molecule has 0 fully saturated rings. The maximum Gasteiger partial charge on any atom is 0.242 e. The van der Waals surface area contributed by atoms with Crippen LogP contribution in [-0.2, 0) is 20.4 Å². The molecule has 24 heavy (non-hydrogen) atoms. The second-order valence-electron chi connectivity index (χ2n) is 6.15. The van der Waals surface area contributed by atoms with Crippen LogP contribution in [0.2, 0.25) is 0 Å². The minimum absolute atomic E-state index is 0.117. The molecule has 0 unspecified atom stereocenters. The van der Waals surface area contributed by atoms with Gasteiger partial charge in [0.15, 0.2) is 9.84 Å². The van der Waals surface area contributed by atoms with E-state index in [1.54, 1.807) is 6.07 Å². The van der Waals surface area contributed by atoms with Gasteiger partial charge < -0.3 is 4.90 Å². The van der Waals surface area contributed by atoms with E-state index < -0.39 is 21.5 Å². The highest BCUT2D eigenvalue weighted by atomic mass is 32.2. The van der Waals surface area contributed by atoms with Gasteiger partial charge in [-0.05, 0) is 44.0 Å². The van der Waals surface area contributed by atoms with Crippen molar-refractivity contribution in [2.75, 3.05) is 10.7 Å². The highest BCUT2D eigenvalue weighted by Crippen LogP contribution is 2.18. The lowest BCUT2D eigenvalue weighted by Gasteiger charge is -2.27. The molecular formula is C19H23NO3S. The van der Waals surface area contributed by atoms with Crippen LogP contribution in [0.4, 0.5) is 5.69 Å². The van der Waals surface area contributed by atoms with Gasteiger partial charge in [0.1, 0.15) is 5.75 Å². The normalized spacial score (nSPS) is 11.5. The molecule has 0 aromatic heterocycles. The van der Waals surface area contributed by atoms with Crippen LogP contribution in [0.5, 0.6) is 0 Å². The topological polar surface area (TPSA) is 54.5 Å². The number of anilines is 1. The predicted octanol–water partition coefficient (Wildman–Crippen LogP) is 3.35. The van der Waals surface area contributed by atoms with Crippen molar-refractivity contribution in [3.63, 3.8) is 0 Å². The molecule has 0 saturated carbocycles. The molecule has 2 rings (SSSR count). The molecule has 4 nitrogen and oxygen atoms in total. The Morgan fingerprint density at radius 2 is 1.58 bits per heavy atom. The summed E-state index contributed by atoms with van der Waals surface area (Å²) in [5.41, 5.74) is 2.36. The molecule has 0 spiro atoms. The van der Waals surface area contributed by atoms with E-state index in [4.69, 9.17) is 0 Å². The Morgan fingerprint density at radius 3 is 2.17 bits per heavy atom. The van der Waals surface area contributed by atoms with E-state index in [2.05, 4.69) is 0 Å². The lowest BCUT2D eigenvalue weighted by atomic mass is 10.1. The molecule has 128 valence electrons. The van der Waals surface area contributed by atoms with Gasteiger partial charge in [-0.15, -0.1) is 0 Å². The first kappa shape index (κ1) is 18.2. The van der Waals surface area contributed by atoms with Crippen LogP contribution in [0, 0.1) is 6.92 Å². The molecule has 2 aromatic carbocycles. The number of amides is 1. The van der Waals surface area contributed by atoms with Crippen LogP contribution in [0.1, 0.15) is 25.0 Å². The first-order valence-corrected chi connectivity index (χ1v) is 9.74. The van der Waals surface area contributed by atoms with Crippen LogP contribution in [-0.4, -0.2) is 26.1 Å². The summed E-state index contributed by atoms with van der Waals surface area (Å²) >= 11 is 0. The van der Waals surface area contributed by atoms with Crippen molar-refractivity contribution in [3.8, 4) is 0 Å². The number of para-hydroxylation sites is 1. The third-order valence-electron chi connectivity index (χ3n) is 3.80. The number of nitrogens with zero attached hydrogens (tertiary/aromatic N) is 1. The lowest BCUT2D eigenvalue weighted by Crippen LogP contribution is -2.40. The Kier molecular flexibility index (Phi) is 5.78. The van der Waals surface area contributed by atoms with E-state index in [0.717, 1.165) is 11.1 Å². The van der Waals surface area contributed by atoms with Gasteiger partial charge in [-0.1, -0.05) is 42.5 Å². The summed E-state index contributed by atoms with van der Waals surface area (Å²) in [4.78, 5) is 14.2. The molecule has 2 aromatic rings. The molecule has 0 radical (unpaired) electrons. The summed E-state index contributed by atoms with van der Waals surface area (Å²) in [6, 6.07) is 16.4. The molecule has 0 aliphatic heterocycles. The molecule has 0 bridgehead atoms. The number of rotatable bonds is 6. The van der Waals surface area contributed by atoms with Gasteiger partial charge in [-0.2, -0.15) is 0 Å². The average molecular weight is 345 g/mol. The highest BCUT2D eigenvalue weighted by Gasteiger charge is 2.25. The van der Waals surface area contributed by atoms with Gasteiger partial charge in [0.25, 0.3) is 0 Å². The zero-order chi connectivity index (χ0) is 17.7. The van der Waals surface area contributed by atoms with Gasteiger partial charge in [0, 0.05) is 11.7 Å². The third-order valence-corrected chi connectivity index (χ3v) is 5.24. The molecule has 5 heteroatoms. The fourth-order valence-electron chi connectivity index (χ4n) is 2.64. The van der Waals surface area contributed by atoms with Crippen LogP contribution < -0.4 is 4.90 Å².